The number of anilines is 1. The van der Waals surface area contributed by atoms with Gasteiger partial charge in [-0.25, -0.2) is 4.98 Å². The second-order valence-electron chi connectivity index (χ2n) is 4.81. The molecule has 0 saturated carbocycles. The number of piperidine rings is 1. The van der Waals surface area contributed by atoms with Gasteiger partial charge < -0.3 is 10.6 Å². The molecule has 2 unspecified atom stereocenters. The third-order valence-electron chi connectivity index (χ3n) is 3.57. The number of aryl methyl sites for hydroxylation is 1. The summed E-state index contributed by atoms with van der Waals surface area (Å²) in [5.41, 5.74) is 7.74. The first-order valence-corrected chi connectivity index (χ1v) is 5.99. The minimum atomic E-state index is 0.164. The van der Waals surface area contributed by atoms with Crippen LogP contribution in [0.5, 0.6) is 0 Å². The van der Waals surface area contributed by atoms with Crippen LogP contribution in [0.15, 0.2) is 12.3 Å². The van der Waals surface area contributed by atoms with Crippen LogP contribution in [-0.2, 0) is 0 Å². The van der Waals surface area contributed by atoms with Gasteiger partial charge in [-0.3, -0.25) is 0 Å². The highest BCUT2D eigenvalue weighted by molar-refractivity contribution is 5.57. The van der Waals surface area contributed by atoms with Crippen LogP contribution in [0.3, 0.4) is 0 Å². The summed E-state index contributed by atoms with van der Waals surface area (Å²) >= 11 is 0. The molecule has 1 aliphatic rings. The normalized spacial score (nSPS) is 24.5. The van der Waals surface area contributed by atoms with Crippen LogP contribution in [-0.4, -0.2) is 24.1 Å². The number of nitrogens with two attached hydrogens (primary N) is 1. The van der Waals surface area contributed by atoms with Gasteiger partial charge in [0.2, 0.25) is 0 Å². The van der Waals surface area contributed by atoms with Crippen LogP contribution in [0, 0.1) is 24.2 Å². The molecule has 0 aliphatic carbocycles. The topological polar surface area (TPSA) is 65.9 Å². The van der Waals surface area contributed by atoms with Crippen molar-refractivity contribution in [3.8, 4) is 6.07 Å². The fourth-order valence-electron chi connectivity index (χ4n) is 2.21. The van der Waals surface area contributed by atoms with Gasteiger partial charge in [-0.15, -0.1) is 0 Å². The summed E-state index contributed by atoms with van der Waals surface area (Å²) in [7, 11) is 0. The van der Waals surface area contributed by atoms with E-state index in [0.717, 1.165) is 30.9 Å². The lowest BCUT2D eigenvalue weighted by Crippen LogP contribution is -2.48. The highest BCUT2D eigenvalue weighted by Gasteiger charge is 2.25. The number of nitrogens with zero attached hydrogens (tertiary/aromatic N) is 3. The molecule has 2 heterocycles. The maximum Gasteiger partial charge on any atom is 0.146 e. The molecule has 2 rings (SSSR count). The van der Waals surface area contributed by atoms with Crippen molar-refractivity contribution in [2.24, 2.45) is 11.7 Å². The summed E-state index contributed by atoms with van der Waals surface area (Å²) in [4.78, 5) is 6.48. The van der Waals surface area contributed by atoms with E-state index < -0.39 is 0 Å². The van der Waals surface area contributed by atoms with Crippen LogP contribution in [0.4, 0.5) is 5.82 Å². The van der Waals surface area contributed by atoms with E-state index in [1.165, 1.54) is 0 Å². The van der Waals surface area contributed by atoms with Crippen molar-refractivity contribution in [2.45, 2.75) is 26.3 Å². The van der Waals surface area contributed by atoms with E-state index in [1.54, 1.807) is 6.20 Å². The predicted octanol–water partition coefficient (Wildman–Crippen LogP) is 1.44. The molecule has 0 spiro atoms. The highest BCUT2D eigenvalue weighted by atomic mass is 15.2. The molecule has 1 aromatic heterocycles. The third-order valence-corrected chi connectivity index (χ3v) is 3.57. The molecule has 90 valence electrons. The van der Waals surface area contributed by atoms with Crippen molar-refractivity contribution in [3.63, 3.8) is 0 Å². The average molecular weight is 230 g/mol. The fraction of sp³-hybridized carbons (Fsp3) is 0.538. The van der Waals surface area contributed by atoms with E-state index in [4.69, 9.17) is 5.73 Å². The smallest absolute Gasteiger partial charge is 0.146 e. The summed E-state index contributed by atoms with van der Waals surface area (Å²) in [6.45, 7) is 5.83. The van der Waals surface area contributed by atoms with Crippen LogP contribution >= 0.6 is 0 Å². The standard InChI is InChI=1S/C13H18N4/c1-9-3-5-16-13(11(9)7-14)17-6-4-10(2)12(15)8-17/h3,5,10,12H,4,6,8,15H2,1-2H3. The summed E-state index contributed by atoms with van der Waals surface area (Å²) in [5.74, 6) is 1.33. The first-order valence-electron chi connectivity index (χ1n) is 5.99. The highest BCUT2D eigenvalue weighted by Crippen LogP contribution is 2.25. The van der Waals surface area contributed by atoms with Crippen LogP contribution in [0.1, 0.15) is 24.5 Å². The van der Waals surface area contributed by atoms with Gasteiger partial charge in [-0.05, 0) is 30.9 Å². The Morgan fingerprint density at radius 2 is 2.35 bits per heavy atom. The average Bonchev–Trinajstić information content (AvgIpc) is 2.32. The zero-order chi connectivity index (χ0) is 12.4. The first-order chi connectivity index (χ1) is 8.13. The van der Waals surface area contributed by atoms with Gasteiger partial charge in [0.1, 0.15) is 11.9 Å². The number of hydrogen-bond acceptors (Lipinski definition) is 4. The molecule has 2 N–H and O–H groups in total. The lowest BCUT2D eigenvalue weighted by atomic mass is 9.94. The van der Waals surface area contributed by atoms with Crippen LogP contribution < -0.4 is 10.6 Å². The van der Waals surface area contributed by atoms with E-state index in [-0.39, 0.29) is 6.04 Å². The molecule has 17 heavy (non-hydrogen) atoms. The summed E-state index contributed by atoms with van der Waals surface area (Å²) in [6.07, 6.45) is 2.82. The van der Waals surface area contributed by atoms with E-state index in [9.17, 15) is 5.26 Å². The Balaban J connectivity index is 2.29. The lowest BCUT2D eigenvalue weighted by molar-refractivity contribution is 0.378. The van der Waals surface area contributed by atoms with E-state index in [2.05, 4.69) is 22.9 Å². The van der Waals surface area contributed by atoms with Crippen LogP contribution in [0.2, 0.25) is 0 Å². The van der Waals surface area contributed by atoms with E-state index in [1.807, 2.05) is 13.0 Å². The second-order valence-corrected chi connectivity index (χ2v) is 4.81. The third kappa shape index (κ3) is 2.25. The van der Waals surface area contributed by atoms with Gasteiger partial charge in [0, 0.05) is 25.3 Å². The molecule has 2 atom stereocenters. The van der Waals surface area contributed by atoms with Crippen molar-refractivity contribution in [2.75, 3.05) is 18.0 Å². The Labute approximate surface area is 102 Å². The van der Waals surface area contributed by atoms with Crippen molar-refractivity contribution in [3.05, 3.63) is 23.4 Å². The quantitative estimate of drug-likeness (QED) is 0.792. The SMILES string of the molecule is Cc1ccnc(N2CCC(C)C(N)C2)c1C#N. The molecule has 0 bridgehead atoms. The van der Waals surface area contributed by atoms with Crippen molar-refractivity contribution >= 4 is 5.82 Å². The summed E-state index contributed by atoms with van der Waals surface area (Å²) in [5, 5.41) is 9.20. The minimum Gasteiger partial charge on any atom is -0.354 e. The predicted molar refractivity (Wildman–Crippen MR) is 67.7 cm³/mol. The molecule has 4 nitrogen and oxygen atoms in total. The Kier molecular flexibility index (Phi) is 3.30. The Hall–Kier alpha value is -1.60. The van der Waals surface area contributed by atoms with Gasteiger partial charge in [-0.2, -0.15) is 5.26 Å². The Morgan fingerprint density at radius 1 is 1.59 bits per heavy atom. The second kappa shape index (κ2) is 4.72. The molecular weight excluding hydrogens is 212 g/mol. The van der Waals surface area contributed by atoms with Gasteiger partial charge in [0.25, 0.3) is 0 Å². The molecule has 4 heteroatoms. The molecule has 1 saturated heterocycles. The van der Waals surface area contributed by atoms with Crippen LogP contribution in [0.25, 0.3) is 0 Å². The molecule has 1 aliphatic heterocycles. The van der Waals surface area contributed by atoms with Gasteiger partial charge >= 0.3 is 0 Å². The van der Waals surface area contributed by atoms with E-state index in [0.29, 0.717) is 11.5 Å². The molecule has 1 aromatic rings. The van der Waals surface area contributed by atoms with Crippen molar-refractivity contribution in [1.29, 1.82) is 5.26 Å². The molecule has 0 amide bonds. The zero-order valence-electron chi connectivity index (χ0n) is 10.3. The summed E-state index contributed by atoms with van der Waals surface area (Å²) < 4.78 is 0. The van der Waals surface area contributed by atoms with Gasteiger partial charge in [0.15, 0.2) is 0 Å². The monoisotopic (exact) mass is 230 g/mol. The zero-order valence-corrected chi connectivity index (χ0v) is 10.3. The Morgan fingerprint density at radius 3 is 3.00 bits per heavy atom. The van der Waals surface area contributed by atoms with E-state index >= 15 is 0 Å². The largest absolute Gasteiger partial charge is 0.354 e. The van der Waals surface area contributed by atoms with Crippen molar-refractivity contribution in [1.82, 2.24) is 4.98 Å². The van der Waals surface area contributed by atoms with Gasteiger partial charge in [0.05, 0.1) is 5.56 Å². The maximum absolute atomic E-state index is 9.20. The number of hydrogen-bond donors (Lipinski definition) is 1. The summed E-state index contributed by atoms with van der Waals surface area (Å²) in [6, 6.07) is 4.28. The number of nitriles is 1. The number of aromatic nitrogens is 1. The lowest BCUT2D eigenvalue weighted by Gasteiger charge is -2.36. The molecule has 1 fully saturated rings. The number of pyridine rings is 1. The van der Waals surface area contributed by atoms with Crippen molar-refractivity contribution < 1.29 is 0 Å². The fourth-order valence-corrected chi connectivity index (χ4v) is 2.21. The molecule has 0 radical (unpaired) electrons. The minimum absolute atomic E-state index is 0.164. The Bertz CT molecular complexity index is 449. The maximum atomic E-state index is 9.20. The molecule has 0 aromatic carbocycles. The first kappa shape index (κ1) is 11.9. The number of rotatable bonds is 1. The molecular formula is C13H18N4. The van der Waals surface area contributed by atoms with Gasteiger partial charge in [-0.1, -0.05) is 6.92 Å².